The normalized spacial score (nSPS) is 17.3. The van der Waals surface area contributed by atoms with Gasteiger partial charge in [0.2, 0.25) is 0 Å². The van der Waals surface area contributed by atoms with Crippen molar-refractivity contribution in [1.29, 1.82) is 0 Å². The number of carbonyl (C=O) groups excluding carboxylic acids is 1. The highest BCUT2D eigenvalue weighted by molar-refractivity contribution is 6.76. The average molecular weight is 587 g/mol. The number of amides is 1. The molecule has 1 fully saturated rings. The largest absolute Gasteiger partial charge is 0.488 e. The van der Waals surface area contributed by atoms with E-state index in [0.29, 0.717) is 39.3 Å². The lowest BCUT2D eigenvalue weighted by Crippen LogP contribution is -2.47. The van der Waals surface area contributed by atoms with E-state index >= 15 is 0 Å². The number of rotatable bonds is 10. The van der Waals surface area contributed by atoms with Gasteiger partial charge in [-0.1, -0.05) is 56.0 Å². The van der Waals surface area contributed by atoms with Crippen LogP contribution in [-0.4, -0.2) is 49.9 Å². The van der Waals surface area contributed by atoms with Crippen LogP contribution >= 0.6 is 0 Å². The molecule has 0 N–H and O–H groups in total. The topological polar surface area (TPSA) is 60.9 Å². The molecule has 2 heterocycles. The first kappa shape index (κ1) is 29.7. The molecule has 4 aromatic rings. The SMILES string of the molecule is C[Si](C)(C)CCOC(=O)N1CCC(c2ccc(F)cc2)C(OCc2cc(OCc3ccncc3)c3ccccc3c2)C1. The van der Waals surface area contributed by atoms with Crippen molar-refractivity contribution in [3.8, 4) is 5.75 Å². The minimum Gasteiger partial charge on any atom is -0.488 e. The minimum absolute atomic E-state index is 0.0273. The first-order valence-corrected chi connectivity index (χ1v) is 18.3. The fraction of sp³-hybridized carbons (Fsp3) is 0.353. The van der Waals surface area contributed by atoms with Gasteiger partial charge >= 0.3 is 6.09 Å². The summed E-state index contributed by atoms with van der Waals surface area (Å²) in [7, 11) is -1.31. The number of piperidine rings is 1. The Bertz CT molecular complexity index is 1480. The fourth-order valence-electron chi connectivity index (χ4n) is 5.26. The van der Waals surface area contributed by atoms with Crippen LogP contribution in [0.15, 0.2) is 85.2 Å². The predicted molar refractivity (Wildman–Crippen MR) is 166 cm³/mol. The van der Waals surface area contributed by atoms with Crippen LogP contribution in [0.3, 0.4) is 0 Å². The zero-order chi connectivity index (χ0) is 29.5. The molecule has 8 heteroatoms. The molecule has 0 spiro atoms. The maximum atomic E-state index is 13.7. The van der Waals surface area contributed by atoms with Gasteiger partial charge in [-0.05, 0) is 70.9 Å². The first-order chi connectivity index (χ1) is 20.2. The van der Waals surface area contributed by atoms with Crippen molar-refractivity contribution in [1.82, 2.24) is 9.88 Å². The van der Waals surface area contributed by atoms with Gasteiger partial charge in [-0.3, -0.25) is 4.98 Å². The summed E-state index contributed by atoms with van der Waals surface area (Å²) in [6.45, 7) is 8.99. The number of hydrogen-bond donors (Lipinski definition) is 0. The van der Waals surface area contributed by atoms with Crippen molar-refractivity contribution in [3.05, 3.63) is 108 Å². The molecule has 1 aliphatic heterocycles. The Morgan fingerprint density at radius 2 is 1.74 bits per heavy atom. The summed E-state index contributed by atoms with van der Waals surface area (Å²) in [5.74, 6) is 0.546. The number of fused-ring (bicyclic) bond motifs is 1. The number of ether oxygens (including phenoxy) is 3. The molecule has 0 aliphatic carbocycles. The van der Waals surface area contributed by atoms with Gasteiger partial charge in [0.1, 0.15) is 18.2 Å². The monoisotopic (exact) mass is 586 g/mol. The van der Waals surface area contributed by atoms with Crippen molar-refractivity contribution < 1.29 is 23.4 Å². The van der Waals surface area contributed by atoms with E-state index in [1.54, 1.807) is 17.3 Å². The predicted octanol–water partition coefficient (Wildman–Crippen LogP) is 7.80. The molecule has 1 aromatic heterocycles. The highest BCUT2D eigenvalue weighted by Gasteiger charge is 2.34. The number of likely N-dealkylation sites (tertiary alicyclic amines) is 1. The van der Waals surface area contributed by atoms with Crippen LogP contribution in [0.5, 0.6) is 5.75 Å². The van der Waals surface area contributed by atoms with Gasteiger partial charge in [0, 0.05) is 38.3 Å². The van der Waals surface area contributed by atoms with Crippen molar-refractivity contribution >= 4 is 24.9 Å². The van der Waals surface area contributed by atoms with E-state index in [1.807, 2.05) is 42.5 Å². The molecule has 0 bridgehead atoms. The highest BCUT2D eigenvalue weighted by Crippen LogP contribution is 2.33. The molecule has 1 amide bonds. The maximum absolute atomic E-state index is 13.7. The van der Waals surface area contributed by atoms with Gasteiger partial charge in [0.05, 0.1) is 25.9 Å². The molecule has 6 nitrogen and oxygen atoms in total. The Hall–Kier alpha value is -3.75. The third kappa shape index (κ3) is 7.95. The zero-order valence-electron chi connectivity index (χ0n) is 24.6. The van der Waals surface area contributed by atoms with Crippen molar-refractivity contribution in [2.45, 2.75) is 57.3 Å². The molecule has 5 rings (SSSR count). The summed E-state index contributed by atoms with van der Waals surface area (Å²) >= 11 is 0. The van der Waals surface area contributed by atoms with Crippen LogP contribution in [0, 0.1) is 5.82 Å². The summed E-state index contributed by atoms with van der Waals surface area (Å²) < 4.78 is 32.2. The third-order valence-electron chi connectivity index (χ3n) is 7.68. The highest BCUT2D eigenvalue weighted by atomic mass is 28.3. The molecule has 42 heavy (non-hydrogen) atoms. The quantitative estimate of drug-likeness (QED) is 0.178. The molecular weight excluding hydrogens is 547 g/mol. The Kier molecular flexibility index (Phi) is 9.54. The molecule has 0 radical (unpaired) electrons. The van der Waals surface area contributed by atoms with Gasteiger partial charge in [-0.25, -0.2) is 9.18 Å². The lowest BCUT2D eigenvalue weighted by molar-refractivity contribution is -0.0234. The van der Waals surface area contributed by atoms with Gasteiger partial charge < -0.3 is 19.1 Å². The van der Waals surface area contributed by atoms with E-state index in [0.717, 1.165) is 39.3 Å². The Labute approximate surface area is 248 Å². The van der Waals surface area contributed by atoms with E-state index in [-0.39, 0.29) is 23.9 Å². The second-order valence-electron chi connectivity index (χ2n) is 12.1. The Morgan fingerprint density at radius 1 is 0.976 bits per heavy atom. The second-order valence-corrected chi connectivity index (χ2v) is 17.7. The molecule has 1 aliphatic rings. The van der Waals surface area contributed by atoms with Crippen LogP contribution in [0.25, 0.3) is 10.8 Å². The average Bonchev–Trinajstić information content (AvgIpc) is 2.99. The number of aromatic nitrogens is 1. The van der Waals surface area contributed by atoms with E-state index in [9.17, 15) is 9.18 Å². The molecule has 3 aromatic carbocycles. The fourth-order valence-corrected chi connectivity index (χ4v) is 5.97. The third-order valence-corrected chi connectivity index (χ3v) is 9.39. The smallest absolute Gasteiger partial charge is 0.409 e. The molecular formula is C34H39FN2O4Si. The summed E-state index contributed by atoms with van der Waals surface area (Å²) in [5, 5.41) is 2.10. The molecule has 2 atom stereocenters. The number of pyridine rings is 1. The number of benzene rings is 3. The number of halogens is 1. The van der Waals surface area contributed by atoms with Crippen molar-refractivity contribution in [2.75, 3.05) is 19.7 Å². The zero-order valence-corrected chi connectivity index (χ0v) is 25.6. The molecule has 220 valence electrons. The summed E-state index contributed by atoms with van der Waals surface area (Å²) in [6, 6.07) is 23.7. The summed E-state index contributed by atoms with van der Waals surface area (Å²) in [6.07, 6.45) is 3.65. The Morgan fingerprint density at radius 3 is 2.50 bits per heavy atom. The van der Waals surface area contributed by atoms with Gasteiger partial charge in [0.15, 0.2) is 0 Å². The Balaban J connectivity index is 1.33. The number of carbonyl (C=O) groups is 1. The van der Waals surface area contributed by atoms with Gasteiger partial charge in [0.25, 0.3) is 0 Å². The van der Waals surface area contributed by atoms with Crippen molar-refractivity contribution in [3.63, 3.8) is 0 Å². The second kappa shape index (κ2) is 13.5. The van der Waals surface area contributed by atoms with E-state index in [2.05, 4.69) is 42.8 Å². The van der Waals surface area contributed by atoms with Gasteiger partial charge in [-0.15, -0.1) is 0 Å². The van der Waals surface area contributed by atoms with Crippen LogP contribution in [0.2, 0.25) is 25.7 Å². The summed E-state index contributed by atoms with van der Waals surface area (Å²) in [4.78, 5) is 18.8. The van der Waals surface area contributed by atoms with E-state index < -0.39 is 8.07 Å². The van der Waals surface area contributed by atoms with E-state index in [4.69, 9.17) is 14.2 Å². The van der Waals surface area contributed by atoms with Crippen LogP contribution in [0.4, 0.5) is 9.18 Å². The van der Waals surface area contributed by atoms with Crippen molar-refractivity contribution in [2.24, 2.45) is 0 Å². The molecule has 0 saturated carbocycles. The lowest BCUT2D eigenvalue weighted by atomic mass is 9.87. The van der Waals surface area contributed by atoms with Crippen LogP contribution < -0.4 is 4.74 Å². The summed E-state index contributed by atoms with van der Waals surface area (Å²) in [5.41, 5.74) is 3.02. The minimum atomic E-state index is -1.31. The number of nitrogens with zero attached hydrogens (tertiary/aromatic N) is 2. The van der Waals surface area contributed by atoms with Crippen LogP contribution in [0.1, 0.15) is 29.0 Å². The van der Waals surface area contributed by atoms with E-state index in [1.165, 1.54) is 12.1 Å². The molecule has 2 unspecified atom stereocenters. The molecule has 1 saturated heterocycles. The first-order valence-electron chi connectivity index (χ1n) is 14.6. The number of hydrogen-bond acceptors (Lipinski definition) is 5. The maximum Gasteiger partial charge on any atom is 0.409 e. The van der Waals surface area contributed by atoms with Crippen LogP contribution in [-0.2, 0) is 22.7 Å². The standard InChI is InChI=1S/C34H39FN2O4Si/c1-42(2,3)19-18-39-34(38)37-17-14-31(27-8-10-29(35)11-9-27)33(22-37)41-24-26-20-28-6-4-5-7-30(28)32(21-26)40-23-25-12-15-36-16-13-25/h4-13,15-16,20-21,31,33H,14,17-19,22-24H2,1-3H3. The lowest BCUT2D eigenvalue weighted by Gasteiger charge is -2.38. The van der Waals surface area contributed by atoms with Gasteiger partial charge in [-0.2, -0.15) is 0 Å².